The average Bonchev–Trinajstić information content (AvgIpc) is 2.39. The van der Waals surface area contributed by atoms with Crippen molar-refractivity contribution in [2.75, 3.05) is 19.6 Å². The zero-order valence-corrected chi connectivity index (χ0v) is 11.5. The highest BCUT2D eigenvalue weighted by atomic mass is 16.2. The standard InChI is InChI=1S/C14H27N3O/c1-2-17-9-5-6-11(10-17)16-14(18)12-7-3-4-8-13(12)15/h11-13H,2-10,15H2,1H3,(H,16,18). The molecule has 0 aromatic carbocycles. The van der Waals surface area contributed by atoms with Crippen LogP contribution in [0.4, 0.5) is 0 Å². The van der Waals surface area contributed by atoms with E-state index in [0.717, 1.165) is 38.8 Å². The Bertz CT molecular complexity index is 282. The maximum atomic E-state index is 12.3. The van der Waals surface area contributed by atoms with Gasteiger partial charge in [0.1, 0.15) is 0 Å². The predicted octanol–water partition coefficient (Wildman–Crippen LogP) is 1.10. The molecule has 3 unspecified atom stereocenters. The van der Waals surface area contributed by atoms with E-state index in [1.165, 1.54) is 19.4 Å². The lowest BCUT2D eigenvalue weighted by atomic mass is 9.84. The van der Waals surface area contributed by atoms with Gasteiger partial charge in [0.15, 0.2) is 0 Å². The Morgan fingerprint density at radius 2 is 2.06 bits per heavy atom. The molecule has 1 aliphatic heterocycles. The molecule has 1 amide bonds. The molecule has 104 valence electrons. The Hall–Kier alpha value is -0.610. The first-order chi connectivity index (χ1) is 8.70. The first-order valence-corrected chi connectivity index (χ1v) is 7.49. The van der Waals surface area contributed by atoms with Crippen LogP contribution in [0, 0.1) is 5.92 Å². The second-order valence-corrected chi connectivity index (χ2v) is 5.80. The fourth-order valence-electron chi connectivity index (χ4n) is 3.25. The van der Waals surface area contributed by atoms with E-state index in [0.29, 0.717) is 6.04 Å². The molecule has 18 heavy (non-hydrogen) atoms. The van der Waals surface area contributed by atoms with Gasteiger partial charge >= 0.3 is 0 Å². The molecular weight excluding hydrogens is 226 g/mol. The first kappa shape index (κ1) is 13.8. The lowest BCUT2D eigenvalue weighted by molar-refractivity contribution is -0.127. The van der Waals surface area contributed by atoms with E-state index in [1.807, 2.05) is 0 Å². The summed E-state index contributed by atoms with van der Waals surface area (Å²) in [5, 5.41) is 3.22. The van der Waals surface area contributed by atoms with Crippen LogP contribution in [0.1, 0.15) is 45.4 Å². The summed E-state index contributed by atoms with van der Waals surface area (Å²) < 4.78 is 0. The number of hydrogen-bond donors (Lipinski definition) is 2. The third-order valence-electron chi connectivity index (χ3n) is 4.46. The number of amides is 1. The monoisotopic (exact) mass is 253 g/mol. The Labute approximate surface area is 110 Å². The molecule has 1 saturated heterocycles. The van der Waals surface area contributed by atoms with E-state index < -0.39 is 0 Å². The van der Waals surface area contributed by atoms with Crippen molar-refractivity contribution in [3.63, 3.8) is 0 Å². The number of hydrogen-bond acceptors (Lipinski definition) is 3. The minimum atomic E-state index is 0.0516. The summed E-state index contributed by atoms with van der Waals surface area (Å²) in [4.78, 5) is 14.7. The van der Waals surface area contributed by atoms with Crippen LogP contribution in [0.5, 0.6) is 0 Å². The molecule has 1 aliphatic carbocycles. The van der Waals surface area contributed by atoms with Gasteiger partial charge in [-0.15, -0.1) is 0 Å². The van der Waals surface area contributed by atoms with Gasteiger partial charge in [0.05, 0.1) is 5.92 Å². The van der Waals surface area contributed by atoms with Crippen molar-refractivity contribution in [3.8, 4) is 0 Å². The molecule has 2 fully saturated rings. The zero-order valence-electron chi connectivity index (χ0n) is 11.5. The van der Waals surface area contributed by atoms with E-state index in [-0.39, 0.29) is 17.9 Å². The zero-order chi connectivity index (χ0) is 13.0. The predicted molar refractivity (Wildman–Crippen MR) is 73.2 cm³/mol. The van der Waals surface area contributed by atoms with E-state index in [9.17, 15) is 4.79 Å². The first-order valence-electron chi connectivity index (χ1n) is 7.49. The SMILES string of the molecule is CCN1CCCC(NC(=O)C2CCCCC2N)C1. The van der Waals surface area contributed by atoms with Gasteiger partial charge in [0.25, 0.3) is 0 Å². The molecule has 2 aliphatic rings. The minimum Gasteiger partial charge on any atom is -0.352 e. The molecule has 0 spiro atoms. The van der Waals surface area contributed by atoms with Crippen LogP contribution in [0.25, 0.3) is 0 Å². The topological polar surface area (TPSA) is 58.4 Å². The Morgan fingerprint density at radius 3 is 2.78 bits per heavy atom. The molecule has 3 atom stereocenters. The molecule has 4 nitrogen and oxygen atoms in total. The normalized spacial score (nSPS) is 34.2. The van der Waals surface area contributed by atoms with Gasteiger partial charge in [-0.05, 0) is 38.8 Å². The smallest absolute Gasteiger partial charge is 0.224 e. The van der Waals surface area contributed by atoms with Crippen LogP contribution in [-0.2, 0) is 4.79 Å². The summed E-state index contributed by atoms with van der Waals surface area (Å²) in [5.74, 6) is 0.251. The highest BCUT2D eigenvalue weighted by Crippen LogP contribution is 2.23. The van der Waals surface area contributed by atoms with Gasteiger partial charge in [0.2, 0.25) is 5.91 Å². The fraction of sp³-hybridized carbons (Fsp3) is 0.929. The lowest BCUT2D eigenvalue weighted by Gasteiger charge is -2.34. The van der Waals surface area contributed by atoms with Gasteiger partial charge in [-0.1, -0.05) is 19.8 Å². The number of piperidine rings is 1. The second-order valence-electron chi connectivity index (χ2n) is 5.80. The van der Waals surface area contributed by atoms with Crippen molar-refractivity contribution in [1.82, 2.24) is 10.2 Å². The van der Waals surface area contributed by atoms with Crippen LogP contribution in [0.2, 0.25) is 0 Å². The highest BCUT2D eigenvalue weighted by molar-refractivity contribution is 5.79. The van der Waals surface area contributed by atoms with Crippen LogP contribution in [0.3, 0.4) is 0 Å². The second kappa shape index (κ2) is 6.53. The van der Waals surface area contributed by atoms with E-state index in [1.54, 1.807) is 0 Å². The molecule has 1 heterocycles. The summed E-state index contributed by atoms with van der Waals surface area (Å²) in [6.45, 7) is 5.44. The fourth-order valence-corrected chi connectivity index (χ4v) is 3.25. The molecule has 4 heteroatoms. The van der Waals surface area contributed by atoms with Crippen LogP contribution in [0.15, 0.2) is 0 Å². The van der Waals surface area contributed by atoms with Crippen molar-refractivity contribution in [3.05, 3.63) is 0 Å². The van der Waals surface area contributed by atoms with Gasteiger partial charge < -0.3 is 16.0 Å². The van der Waals surface area contributed by atoms with Crippen molar-refractivity contribution in [2.24, 2.45) is 11.7 Å². The number of rotatable bonds is 3. The van der Waals surface area contributed by atoms with Gasteiger partial charge in [0, 0.05) is 18.6 Å². The number of nitrogens with two attached hydrogens (primary N) is 1. The number of carbonyl (C=O) groups is 1. The number of likely N-dealkylation sites (tertiary alicyclic amines) is 1. The number of carbonyl (C=O) groups excluding carboxylic acids is 1. The largest absolute Gasteiger partial charge is 0.352 e. The molecule has 3 N–H and O–H groups in total. The number of nitrogens with one attached hydrogen (secondary N) is 1. The van der Waals surface area contributed by atoms with E-state index >= 15 is 0 Å². The van der Waals surface area contributed by atoms with Gasteiger partial charge in [-0.3, -0.25) is 4.79 Å². The third-order valence-corrected chi connectivity index (χ3v) is 4.46. The third kappa shape index (κ3) is 3.45. The summed E-state index contributed by atoms with van der Waals surface area (Å²) in [6.07, 6.45) is 6.61. The van der Waals surface area contributed by atoms with Crippen molar-refractivity contribution in [1.29, 1.82) is 0 Å². The summed E-state index contributed by atoms with van der Waals surface area (Å²) in [6, 6.07) is 0.407. The van der Waals surface area contributed by atoms with Crippen LogP contribution < -0.4 is 11.1 Å². The molecule has 0 aromatic heterocycles. The summed E-state index contributed by atoms with van der Waals surface area (Å²) in [5.41, 5.74) is 6.07. The van der Waals surface area contributed by atoms with Gasteiger partial charge in [-0.2, -0.15) is 0 Å². The highest BCUT2D eigenvalue weighted by Gasteiger charge is 2.30. The van der Waals surface area contributed by atoms with Crippen molar-refractivity contribution in [2.45, 2.75) is 57.5 Å². The molecule has 2 rings (SSSR count). The summed E-state index contributed by atoms with van der Waals surface area (Å²) >= 11 is 0. The number of nitrogens with zero attached hydrogens (tertiary/aromatic N) is 1. The van der Waals surface area contributed by atoms with Crippen molar-refractivity contribution < 1.29 is 4.79 Å². The van der Waals surface area contributed by atoms with E-state index in [2.05, 4.69) is 17.1 Å². The Kier molecular flexibility index (Phi) is 5.01. The molecule has 1 saturated carbocycles. The minimum absolute atomic E-state index is 0.0516. The van der Waals surface area contributed by atoms with Gasteiger partial charge in [-0.25, -0.2) is 0 Å². The Morgan fingerprint density at radius 1 is 1.28 bits per heavy atom. The van der Waals surface area contributed by atoms with E-state index in [4.69, 9.17) is 5.73 Å². The maximum Gasteiger partial charge on any atom is 0.224 e. The summed E-state index contributed by atoms with van der Waals surface area (Å²) in [7, 11) is 0. The lowest BCUT2D eigenvalue weighted by Crippen LogP contribution is -2.52. The van der Waals surface area contributed by atoms with Crippen LogP contribution >= 0.6 is 0 Å². The Balaban J connectivity index is 1.82. The van der Waals surface area contributed by atoms with Crippen LogP contribution in [-0.4, -0.2) is 42.5 Å². The van der Waals surface area contributed by atoms with Crippen molar-refractivity contribution >= 4 is 5.91 Å². The molecule has 0 aromatic rings. The molecule has 0 bridgehead atoms. The quantitative estimate of drug-likeness (QED) is 0.792. The number of likely N-dealkylation sites (N-methyl/N-ethyl adjacent to an activating group) is 1. The molecular formula is C14H27N3O. The average molecular weight is 253 g/mol. The molecule has 0 radical (unpaired) electrons. The maximum absolute atomic E-state index is 12.3.